The normalized spacial score (nSPS) is 13.2. The second-order valence-electron chi connectivity index (χ2n) is 6.75. The standard InChI is InChI=1S/C21H23N3O8/c1-29-15-4-6-19(30-2)17(12-15)22-20(25)13-32-21(26)16-11-14(24(27)28)3-5-18(16)23-7-9-31-10-8-23/h3-6,11-12H,7-10,13H2,1-2H3,(H,22,25). The van der Waals surface area contributed by atoms with E-state index in [0.717, 1.165) is 6.07 Å². The summed E-state index contributed by atoms with van der Waals surface area (Å²) in [5, 5.41) is 13.8. The lowest BCUT2D eigenvalue weighted by atomic mass is 10.1. The highest BCUT2D eigenvalue weighted by Crippen LogP contribution is 2.29. The van der Waals surface area contributed by atoms with Gasteiger partial charge in [0.05, 0.1) is 49.3 Å². The fraction of sp³-hybridized carbons (Fsp3) is 0.333. The molecule has 0 aromatic heterocycles. The Bertz CT molecular complexity index is 1000. The number of esters is 1. The van der Waals surface area contributed by atoms with Crippen LogP contribution in [0.2, 0.25) is 0 Å². The summed E-state index contributed by atoms with van der Waals surface area (Å²) < 4.78 is 20.8. The second kappa shape index (κ2) is 10.4. The molecule has 0 spiro atoms. The Hall–Kier alpha value is -3.86. The van der Waals surface area contributed by atoms with E-state index in [1.807, 2.05) is 4.90 Å². The molecule has 2 aromatic rings. The second-order valence-corrected chi connectivity index (χ2v) is 6.75. The molecule has 0 aliphatic carbocycles. The number of hydrogen-bond donors (Lipinski definition) is 1. The molecule has 0 unspecified atom stereocenters. The molecule has 1 amide bonds. The van der Waals surface area contributed by atoms with Crippen molar-refractivity contribution in [2.45, 2.75) is 0 Å². The first-order chi connectivity index (χ1) is 15.4. The Balaban J connectivity index is 1.73. The molecular formula is C21H23N3O8. The first-order valence-corrected chi connectivity index (χ1v) is 9.73. The Morgan fingerprint density at radius 3 is 2.53 bits per heavy atom. The van der Waals surface area contributed by atoms with E-state index in [9.17, 15) is 19.7 Å². The molecule has 0 bridgehead atoms. The maximum atomic E-state index is 12.7. The third kappa shape index (κ3) is 5.43. The molecule has 3 rings (SSSR count). The Kier molecular flexibility index (Phi) is 7.45. The molecular weight excluding hydrogens is 422 g/mol. The molecule has 170 valence electrons. The molecule has 0 radical (unpaired) electrons. The monoisotopic (exact) mass is 445 g/mol. The lowest BCUT2D eigenvalue weighted by Crippen LogP contribution is -2.37. The number of nitrogens with zero attached hydrogens (tertiary/aromatic N) is 2. The minimum atomic E-state index is -0.844. The van der Waals surface area contributed by atoms with Gasteiger partial charge in [-0.15, -0.1) is 0 Å². The number of nitro benzene ring substituents is 1. The zero-order chi connectivity index (χ0) is 23.1. The number of nitro groups is 1. The smallest absolute Gasteiger partial charge is 0.341 e. The van der Waals surface area contributed by atoms with Crippen molar-refractivity contribution in [1.82, 2.24) is 0 Å². The minimum absolute atomic E-state index is 0.00728. The number of amides is 1. The zero-order valence-electron chi connectivity index (χ0n) is 17.7. The van der Waals surface area contributed by atoms with Gasteiger partial charge in [-0.3, -0.25) is 14.9 Å². The topological polar surface area (TPSA) is 129 Å². The van der Waals surface area contributed by atoms with Gasteiger partial charge in [0, 0.05) is 31.3 Å². The van der Waals surface area contributed by atoms with Crippen molar-refractivity contribution < 1.29 is 33.5 Å². The Labute approximate surface area is 184 Å². The average molecular weight is 445 g/mol. The van der Waals surface area contributed by atoms with Crippen molar-refractivity contribution in [2.24, 2.45) is 0 Å². The quantitative estimate of drug-likeness (QED) is 0.369. The van der Waals surface area contributed by atoms with Crippen LogP contribution < -0.4 is 19.7 Å². The number of nitrogens with one attached hydrogen (secondary N) is 1. The highest BCUT2D eigenvalue weighted by atomic mass is 16.6. The van der Waals surface area contributed by atoms with E-state index < -0.39 is 23.4 Å². The fourth-order valence-electron chi connectivity index (χ4n) is 3.19. The van der Waals surface area contributed by atoms with Crippen LogP contribution >= 0.6 is 0 Å². The lowest BCUT2D eigenvalue weighted by Gasteiger charge is -2.30. The molecule has 0 atom stereocenters. The van der Waals surface area contributed by atoms with E-state index in [0.29, 0.717) is 49.2 Å². The van der Waals surface area contributed by atoms with Gasteiger partial charge in [-0.25, -0.2) is 4.79 Å². The highest BCUT2D eigenvalue weighted by molar-refractivity contribution is 5.99. The van der Waals surface area contributed by atoms with Crippen molar-refractivity contribution in [2.75, 3.05) is 57.3 Å². The summed E-state index contributed by atoms with van der Waals surface area (Å²) in [5.41, 5.74) is 0.586. The fourth-order valence-corrected chi connectivity index (χ4v) is 3.19. The third-order valence-electron chi connectivity index (χ3n) is 4.78. The molecule has 0 saturated carbocycles. The van der Waals surface area contributed by atoms with Gasteiger partial charge in [0.25, 0.3) is 11.6 Å². The van der Waals surface area contributed by atoms with E-state index in [4.69, 9.17) is 18.9 Å². The van der Waals surface area contributed by atoms with E-state index in [1.54, 1.807) is 18.2 Å². The van der Waals surface area contributed by atoms with Crippen molar-refractivity contribution in [3.05, 3.63) is 52.1 Å². The number of rotatable bonds is 8. The van der Waals surface area contributed by atoms with Gasteiger partial charge in [-0.05, 0) is 18.2 Å². The zero-order valence-corrected chi connectivity index (χ0v) is 17.7. The van der Waals surface area contributed by atoms with E-state index in [-0.39, 0.29) is 11.3 Å². The van der Waals surface area contributed by atoms with Crippen LogP contribution in [-0.2, 0) is 14.3 Å². The number of hydrogen-bond acceptors (Lipinski definition) is 9. The first kappa shape index (κ1) is 22.8. The maximum Gasteiger partial charge on any atom is 0.341 e. The number of carbonyl (C=O) groups excluding carboxylic acids is 2. The number of morpholine rings is 1. The summed E-state index contributed by atoms with van der Waals surface area (Å²) in [6, 6.07) is 8.83. The van der Waals surface area contributed by atoms with E-state index >= 15 is 0 Å². The molecule has 2 aromatic carbocycles. The van der Waals surface area contributed by atoms with Gasteiger partial charge in [0.1, 0.15) is 11.5 Å². The number of ether oxygens (including phenoxy) is 4. The van der Waals surface area contributed by atoms with Gasteiger partial charge in [-0.2, -0.15) is 0 Å². The minimum Gasteiger partial charge on any atom is -0.497 e. The van der Waals surface area contributed by atoms with Crippen LogP contribution in [0.4, 0.5) is 17.1 Å². The largest absolute Gasteiger partial charge is 0.497 e. The summed E-state index contributed by atoms with van der Waals surface area (Å²) in [5.74, 6) is -0.546. The van der Waals surface area contributed by atoms with Gasteiger partial charge >= 0.3 is 5.97 Å². The van der Waals surface area contributed by atoms with Gasteiger partial charge < -0.3 is 29.2 Å². The predicted octanol–water partition coefficient (Wildman–Crippen LogP) is 2.24. The predicted molar refractivity (Wildman–Crippen MR) is 115 cm³/mol. The van der Waals surface area contributed by atoms with Crippen LogP contribution in [0, 0.1) is 10.1 Å². The molecule has 32 heavy (non-hydrogen) atoms. The van der Waals surface area contributed by atoms with Crippen molar-refractivity contribution >= 4 is 28.9 Å². The molecule has 1 aliphatic rings. The molecule has 1 aliphatic heterocycles. The molecule has 11 nitrogen and oxygen atoms in total. The summed E-state index contributed by atoms with van der Waals surface area (Å²) in [7, 11) is 2.94. The number of anilines is 2. The van der Waals surface area contributed by atoms with Gasteiger partial charge in [-0.1, -0.05) is 0 Å². The van der Waals surface area contributed by atoms with Crippen LogP contribution in [-0.4, -0.2) is 63.9 Å². The van der Waals surface area contributed by atoms with E-state index in [2.05, 4.69) is 5.32 Å². The highest BCUT2D eigenvalue weighted by Gasteiger charge is 2.23. The Morgan fingerprint density at radius 1 is 1.12 bits per heavy atom. The van der Waals surface area contributed by atoms with Gasteiger partial charge in [0.15, 0.2) is 6.61 Å². The van der Waals surface area contributed by atoms with Crippen LogP contribution in [0.1, 0.15) is 10.4 Å². The van der Waals surface area contributed by atoms with Crippen LogP contribution in [0.15, 0.2) is 36.4 Å². The summed E-state index contributed by atoms with van der Waals surface area (Å²) >= 11 is 0. The third-order valence-corrected chi connectivity index (χ3v) is 4.78. The number of benzene rings is 2. The number of carbonyl (C=O) groups is 2. The number of non-ortho nitro benzene ring substituents is 1. The number of methoxy groups -OCH3 is 2. The molecule has 1 heterocycles. The van der Waals surface area contributed by atoms with Crippen molar-refractivity contribution in [1.29, 1.82) is 0 Å². The Morgan fingerprint density at radius 2 is 1.88 bits per heavy atom. The van der Waals surface area contributed by atoms with Crippen molar-refractivity contribution in [3.8, 4) is 11.5 Å². The molecule has 1 fully saturated rings. The van der Waals surface area contributed by atoms with Crippen LogP contribution in [0.5, 0.6) is 11.5 Å². The summed E-state index contributed by atoms with van der Waals surface area (Å²) in [6.07, 6.45) is 0. The maximum absolute atomic E-state index is 12.7. The van der Waals surface area contributed by atoms with Crippen LogP contribution in [0.3, 0.4) is 0 Å². The van der Waals surface area contributed by atoms with E-state index in [1.165, 1.54) is 26.4 Å². The first-order valence-electron chi connectivity index (χ1n) is 9.73. The van der Waals surface area contributed by atoms with Crippen LogP contribution in [0.25, 0.3) is 0 Å². The average Bonchev–Trinajstić information content (AvgIpc) is 2.82. The molecule has 11 heteroatoms. The molecule has 1 saturated heterocycles. The summed E-state index contributed by atoms with van der Waals surface area (Å²) in [6.45, 7) is 1.39. The lowest BCUT2D eigenvalue weighted by molar-refractivity contribution is -0.384. The SMILES string of the molecule is COc1ccc(OC)c(NC(=O)COC(=O)c2cc([N+](=O)[O-])ccc2N2CCOCC2)c1. The van der Waals surface area contributed by atoms with Crippen molar-refractivity contribution in [3.63, 3.8) is 0 Å². The summed E-state index contributed by atoms with van der Waals surface area (Å²) in [4.78, 5) is 37.6. The molecule has 1 N–H and O–H groups in total. The van der Waals surface area contributed by atoms with Gasteiger partial charge in [0.2, 0.25) is 0 Å².